The number of nitrogens with one attached hydrogen (secondary N) is 1. The maximum absolute atomic E-state index is 12.8. The molecule has 6 heteroatoms. The first kappa shape index (κ1) is 16.3. The minimum atomic E-state index is 0.00269. The number of benzene rings is 1. The standard InChI is InChI=1S/C19H21N3O2S/c23-18(15-5-6-17-14(13-15)3-2-12-25-17)21-8-10-22(11-9-21)19(24)16-4-1-7-20-16/h1,4-7,13,20H,2-3,8-12H2. The summed E-state index contributed by atoms with van der Waals surface area (Å²) in [5, 5.41) is 0. The van der Waals surface area contributed by atoms with Crippen LogP contribution >= 0.6 is 11.8 Å². The van der Waals surface area contributed by atoms with Crippen LogP contribution in [0.2, 0.25) is 0 Å². The number of hydrogen-bond donors (Lipinski definition) is 1. The van der Waals surface area contributed by atoms with Crippen LogP contribution in [0.4, 0.5) is 0 Å². The minimum absolute atomic E-state index is 0.00269. The molecule has 0 radical (unpaired) electrons. The Bertz CT molecular complexity index is 780. The number of amides is 2. The molecule has 1 saturated heterocycles. The Hall–Kier alpha value is -2.21. The lowest BCUT2D eigenvalue weighted by molar-refractivity contribution is 0.0532. The number of aryl methyl sites for hydroxylation is 1. The fourth-order valence-corrected chi connectivity index (χ4v) is 4.44. The molecule has 2 aliphatic heterocycles. The van der Waals surface area contributed by atoms with Crippen molar-refractivity contribution in [3.05, 3.63) is 53.3 Å². The van der Waals surface area contributed by atoms with Gasteiger partial charge in [0, 0.05) is 42.8 Å². The van der Waals surface area contributed by atoms with E-state index < -0.39 is 0 Å². The molecule has 2 amide bonds. The van der Waals surface area contributed by atoms with Crippen molar-refractivity contribution < 1.29 is 9.59 Å². The molecule has 1 fully saturated rings. The molecule has 1 aromatic carbocycles. The van der Waals surface area contributed by atoms with Crippen molar-refractivity contribution in [3.63, 3.8) is 0 Å². The minimum Gasteiger partial charge on any atom is -0.357 e. The predicted molar refractivity (Wildman–Crippen MR) is 98.1 cm³/mol. The van der Waals surface area contributed by atoms with Gasteiger partial charge in [0.05, 0.1) is 0 Å². The number of aromatic nitrogens is 1. The lowest BCUT2D eigenvalue weighted by atomic mass is 10.0. The van der Waals surface area contributed by atoms with Crippen molar-refractivity contribution in [1.29, 1.82) is 0 Å². The number of fused-ring (bicyclic) bond motifs is 1. The summed E-state index contributed by atoms with van der Waals surface area (Å²) in [7, 11) is 0. The molecular weight excluding hydrogens is 334 g/mol. The molecule has 130 valence electrons. The molecule has 4 rings (SSSR count). The Morgan fingerprint density at radius 1 is 1.00 bits per heavy atom. The van der Waals surface area contributed by atoms with Crippen LogP contribution in [0.1, 0.15) is 32.8 Å². The molecule has 0 unspecified atom stereocenters. The van der Waals surface area contributed by atoms with E-state index in [0.29, 0.717) is 31.9 Å². The van der Waals surface area contributed by atoms with Crippen LogP contribution in [-0.2, 0) is 6.42 Å². The largest absolute Gasteiger partial charge is 0.357 e. The van der Waals surface area contributed by atoms with Gasteiger partial charge in [0.1, 0.15) is 5.69 Å². The lowest BCUT2D eigenvalue weighted by Crippen LogP contribution is -2.50. The summed E-state index contributed by atoms with van der Waals surface area (Å²) in [5.41, 5.74) is 2.67. The second-order valence-corrected chi connectivity index (χ2v) is 7.58. The number of nitrogens with zero attached hydrogens (tertiary/aromatic N) is 2. The van der Waals surface area contributed by atoms with Crippen molar-refractivity contribution in [2.24, 2.45) is 0 Å². The first-order valence-corrected chi connectivity index (χ1v) is 9.68. The molecule has 0 spiro atoms. The molecule has 2 aliphatic rings. The van der Waals surface area contributed by atoms with E-state index in [1.807, 2.05) is 28.8 Å². The van der Waals surface area contributed by atoms with Gasteiger partial charge in [-0.3, -0.25) is 9.59 Å². The number of thioether (sulfide) groups is 1. The predicted octanol–water partition coefficient (Wildman–Crippen LogP) is 2.65. The monoisotopic (exact) mass is 355 g/mol. The van der Waals surface area contributed by atoms with Crippen LogP contribution in [0.5, 0.6) is 0 Å². The number of aromatic amines is 1. The average molecular weight is 355 g/mol. The summed E-state index contributed by atoms with van der Waals surface area (Å²) >= 11 is 1.87. The normalized spacial score (nSPS) is 17.3. The zero-order valence-electron chi connectivity index (χ0n) is 14.0. The summed E-state index contributed by atoms with van der Waals surface area (Å²) in [6.45, 7) is 2.31. The van der Waals surface area contributed by atoms with Gasteiger partial charge >= 0.3 is 0 Å². The maximum atomic E-state index is 12.8. The second-order valence-electron chi connectivity index (χ2n) is 6.44. The molecule has 0 saturated carbocycles. The zero-order valence-corrected chi connectivity index (χ0v) is 14.8. The SMILES string of the molecule is O=C(c1ccc2c(c1)CCCS2)N1CCN(C(=O)c2ccc[nH]2)CC1. The van der Waals surface area contributed by atoms with Gasteiger partial charge in [-0.2, -0.15) is 0 Å². The van der Waals surface area contributed by atoms with Gasteiger partial charge in [-0.1, -0.05) is 0 Å². The molecule has 25 heavy (non-hydrogen) atoms. The van der Waals surface area contributed by atoms with Crippen LogP contribution in [-0.4, -0.2) is 58.5 Å². The molecule has 3 heterocycles. The Morgan fingerprint density at radius 2 is 1.76 bits per heavy atom. The highest BCUT2D eigenvalue weighted by Gasteiger charge is 2.26. The van der Waals surface area contributed by atoms with Crippen LogP contribution < -0.4 is 0 Å². The Morgan fingerprint density at radius 3 is 2.48 bits per heavy atom. The number of carbonyl (C=O) groups is 2. The van der Waals surface area contributed by atoms with E-state index in [2.05, 4.69) is 17.1 Å². The van der Waals surface area contributed by atoms with E-state index in [0.717, 1.165) is 17.7 Å². The molecule has 1 N–H and O–H groups in total. The van der Waals surface area contributed by atoms with Crippen molar-refractivity contribution in [1.82, 2.24) is 14.8 Å². The van der Waals surface area contributed by atoms with Gasteiger partial charge in [0.15, 0.2) is 0 Å². The quantitative estimate of drug-likeness (QED) is 0.901. The molecule has 0 atom stereocenters. The molecule has 5 nitrogen and oxygen atoms in total. The van der Waals surface area contributed by atoms with Crippen LogP contribution in [0.25, 0.3) is 0 Å². The van der Waals surface area contributed by atoms with Gasteiger partial charge in [-0.25, -0.2) is 0 Å². The number of rotatable bonds is 2. The topological polar surface area (TPSA) is 56.4 Å². The van der Waals surface area contributed by atoms with Gasteiger partial charge < -0.3 is 14.8 Å². The summed E-state index contributed by atoms with van der Waals surface area (Å²) in [6, 6.07) is 9.68. The highest BCUT2D eigenvalue weighted by atomic mass is 32.2. The van der Waals surface area contributed by atoms with E-state index in [4.69, 9.17) is 0 Å². The van der Waals surface area contributed by atoms with Gasteiger partial charge in [-0.15, -0.1) is 11.8 Å². The zero-order chi connectivity index (χ0) is 17.2. The molecule has 1 aromatic heterocycles. The third-order valence-corrected chi connectivity index (χ3v) is 6.04. The first-order chi connectivity index (χ1) is 12.2. The van der Waals surface area contributed by atoms with Crippen LogP contribution in [0, 0.1) is 0 Å². The molecule has 2 aromatic rings. The number of piperazine rings is 1. The third kappa shape index (κ3) is 3.31. The summed E-state index contributed by atoms with van der Waals surface area (Å²) in [4.78, 5) is 33.1. The van der Waals surface area contributed by atoms with Crippen molar-refractivity contribution in [2.45, 2.75) is 17.7 Å². The number of hydrogen-bond acceptors (Lipinski definition) is 3. The average Bonchev–Trinajstić information content (AvgIpc) is 3.21. The molecule has 0 bridgehead atoms. The Kier molecular flexibility index (Phi) is 4.53. The Labute approximate surface area is 151 Å². The summed E-state index contributed by atoms with van der Waals surface area (Å²) in [5.74, 6) is 1.24. The van der Waals surface area contributed by atoms with Gasteiger partial charge in [-0.05, 0) is 54.5 Å². The number of H-pyrrole nitrogens is 1. The summed E-state index contributed by atoms with van der Waals surface area (Å²) in [6.07, 6.45) is 3.98. The highest BCUT2D eigenvalue weighted by Crippen LogP contribution is 2.30. The molecule has 0 aliphatic carbocycles. The third-order valence-electron chi connectivity index (χ3n) is 4.84. The van der Waals surface area contributed by atoms with E-state index >= 15 is 0 Å². The van der Waals surface area contributed by atoms with Crippen molar-refractivity contribution >= 4 is 23.6 Å². The smallest absolute Gasteiger partial charge is 0.270 e. The number of carbonyl (C=O) groups excluding carboxylic acids is 2. The van der Waals surface area contributed by atoms with Crippen LogP contribution in [0.15, 0.2) is 41.4 Å². The van der Waals surface area contributed by atoms with E-state index in [9.17, 15) is 9.59 Å². The molecular formula is C19H21N3O2S. The van der Waals surface area contributed by atoms with E-state index in [-0.39, 0.29) is 11.8 Å². The fraction of sp³-hybridized carbons (Fsp3) is 0.368. The highest BCUT2D eigenvalue weighted by molar-refractivity contribution is 7.99. The van der Waals surface area contributed by atoms with Gasteiger partial charge in [0.2, 0.25) is 0 Å². The van der Waals surface area contributed by atoms with Crippen molar-refractivity contribution in [3.8, 4) is 0 Å². The first-order valence-electron chi connectivity index (χ1n) is 8.70. The van der Waals surface area contributed by atoms with E-state index in [1.54, 1.807) is 17.2 Å². The maximum Gasteiger partial charge on any atom is 0.270 e. The fourth-order valence-electron chi connectivity index (χ4n) is 3.42. The van der Waals surface area contributed by atoms with Crippen LogP contribution in [0.3, 0.4) is 0 Å². The van der Waals surface area contributed by atoms with Gasteiger partial charge in [0.25, 0.3) is 11.8 Å². The summed E-state index contributed by atoms with van der Waals surface area (Å²) < 4.78 is 0. The lowest BCUT2D eigenvalue weighted by Gasteiger charge is -2.34. The van der Waals surface area contributed by atoms with Crippen molar-refractivity contribution in [2.75, 3.05) is 31.9 Å². The van der Waals surface area contributed by atoms with E-state index in [1.165, 1.54) is 16.9 Å². The Balaban J connectivity index is 1.40. The second kappa shape index (κ2) is 6.96.